The van der Waals surface area contributed by atoms with Gasteiger partial charge in [0.1, 0.15) is 0 Å². The van der Waals surface area contributed by atoms with E-state index in [-0.39, 0.29) is 5.91 Å². The molecule has 1 amide bonds. The van der Waals surface area contributed by atoms with Gasteiger partial charge in [-0.25, -0.2) is 14.6 Å². The van der Waals surface area contributed by atoms with Crippen molar-refractivity contribution in [3.63, 3.8) is 0 Å². The average Bonchev–Trinajstić information content (AvgIpc) is 3.40. The van der Waals surface area contributed by atoms with E-state index in [1.54, 1.807) is 6.20 Å². The quantitative estimate of drug-likeness (QED) is 0.754. The zero-order valence-electron chi connectivity index (χ0n) is 15.3. The van der Waals surface area contributed by atoms with E-state index in [0.29, 0.717) is 30.1 Å². The number of amides is 1. The summed E-state index contributed by atoms with van der Waals surface area (Å²) in [6.45, 7) is 0.712. The van der Waals surface area contributed by atoms with Crippen molar-refractivity contribution in [3.05, 3.63) is 42.7 Å². The van der Waals surface area contributed by atoms with Gasteiger partial charge in [0.15, 0.2) is 5.65 Å². The van der Waals surface area contributed by atoms with Crippen LogP contribution in [-0.2, 0) is 0 Å². The van der Waals surface area contributed by atoms with E-state index in [2.05, 4.69) is 25.0 Å². The molecule has 5 rings (SSSR count). The van der Waals surface area contributed by atoms with E-state index >= 15 is 0 Å². The lowest BCUT2D eigenvalue weighted by molar-refractivity contribution is 0.0926. The highest BCUT2D eigenvalue weighted by Gasteiger charge is 2.30. The van der Waals surface area contributed by atoms with Crippen LogP contribution in [-0.4, -0.2) is 36.8 Å². The zero-order valence-corrected chi connectivity index (χ0v) is 15.3. The maximum absolute atomic E-state index is 12.5. The van der Waals surface area contributed by atoms with Gasteiger partial charge in [-0.15, -0.1) is 0 Å². The second kappa shape index (κ2) is 6.79. The van der Waals surface area contributed by atoms with Crippen LogP contribution in [0.4, 0.5) is 0 Å². The van der Waals surface area contributed by atoms with Crippen molar-refractivity contribution < 1.29 is 4.79 Å². The van der Waals surface area contributed by atoms with Gasteiger partial charge in [-0.05, 0) is 37.7 Å². The molecule has 3 aromatic heterocycles. The first-order valence-electron chi connectivity index (χ1n) is 9.87. The number of pyridine rings is 1. The maximum Gasteiger partial charge on any atom is 0.252 e. The van der Waals surface area contributed by atoms with Crippen molar-refractivity contribution in [1.29, 1.82) is 0 Å². The molecule has 2 aliphatic carbocycles. The van der Waals surface area contributed by atoms with Gasteiger partial charge in [0.25, 0.3) is 5.91 Å². The predicted octanol–water partition coefficient (Wildman–Crippen LogP) is 3.12. The molecule has 7 nitrogen and oxygen atoms in total. The molecule has 27 heavy (non-hydrogen) atoms. The summed E-state index contributed by atoms with van der Waals surface area (Å²) < 4.78 is 4.19. The minimum absolute atomic E-state index is 0.0518. The topological polar surface area (TPSA) is 77.6 Å². The third kappa shape index (κ3) is 3.11. The number of rotatable bonds is 5. The van der Waals surface area contributed by atoms with Crippen molar-refractivity contribution in [3.8, 4) is 0 Å². The monoisotopic (exact) mass is 364 g/mol. The number of carbonyl (C=O) groups is 1. The fraction of sp³-hybridized carbons (Fsp3) is 0.500. The molecule has 3 heterocycles. The number of nitrogens with zero attached hydrogens (tertiary/aromatic N) is 5. The summed E-state index contributed by atoms with van der Waals surface area (Å²) in [5, 5.41) is 8.53. The highest BCUT2D eigenvalue weighted by Crippen LogP contribution is 2.37. The Kier molecular flexibility index (Phi) is 4.14. The second-order valence-corrected chi connectivity index (χ2v) is 7.88. The van der Waals surface area contributed by atoms with Crippen LogP contribution in [0.3, 0.4) is 0 Å². The molecule has 0 bridgehead atoms. The number of hydrogen-bond acceptors (Lipinski definition) is 4. The summed E-state index contributed by atoms with van der Waals surface area (Å²) >= 11 is 0. The van der Waals surface area contributed by atoms with Gasteiger partial charge in [0.2, 0.25) is 0 Å². The molecule has 0 aromatic carbocycles. The molecule has 140 valence electrons. The molecular weight excluding hydrogens is 340 g/mol. The lowest BCUT2D eigenvalue weighted by atomic mass is 9.80. The fourth-order valence-electron chi connectivity index (χ4n) is 4.42. The van der Waals surface area contributed by atoms with Crippen LogP contribution < -0.4 is 5.32 Å². The minimum atomic E-state index is -0.0518. The normalized spacial score (nSPS) is 22.8. The van der Waals surface area contributed by atoms with Crippen molar-refractivity contribution in [2.45, 2.75) is 50.6 Å². The molecule has 0 saturated heterocycles. The molecule has 0 atom stereocenters. The molecule has 2 saturated carbocycles. The first-order chi connectivity index (χ1) is 13.3. The Morgan fingerprint density at radius 1 is 1.19 bits per heavy atom. The molecule has 1 N–H and O–H groups in total. The number of carbonyl (C=O) groups excluding carboxylic acids is 1. The first kappa shape index (κ1) is 16.5. The number of fused-ring (bicyclic) bond motifs is 1. The van der Waals surface area contributed by atoms with Crippen molar-refractivity contribution in [1.82, 2.24) is 29.6 Å². The van der Waals surface area contributed by atoms with Gasteiger partial charge in [0.05, 0.1) is 24.1 Å². The highest BCUT2D eigenvalue weighted by atomic mass is 16.1. The van der Waals surface area contributed by atoms with Crippen LogP contribution >= 0.6 is 0 Å². The van der Waals surface area contributed by atoms with E-state index in [4.69, 9.17) is 0 Å². The molecule has 0 spiro atoms. The van der Waals surface area contributed by atoms with Crippen molar-refractivity contribution in [2.75, 3.05) is 6.54 Å². The Morgan fingerprint density at radius 3 is 2.81 bits per heavy atom. The van der Waals surface area contributed by atoms with E-state index in [9.17, 15) is 4.79 Å². The Morgan fingerprint density at radius 2 is 2.04 bits per heavy atom. The van der Waals surface area contributed by atoms with Gasteiger partial charge < -0.3 is 9.88 Å². The molecule has 0 unspecified atom stereocenters. The van der Waals surface area contributed by atoms with Crippen LogP contribution in [0.25, 0.3) is 11.0 Å². The first-order valence-corrected chi connectivity index (χ1v) is 9.87. The number of nitrogens with one attached hydrogen (secondary N) is 1. The standard InChI is InChI=1S/C20H24N6O/c27-20(23-10-14-7-18(8-14)25-6-5-21-13-25)16-9-15-12-24-26(19(15)22-11-16)17-3-1-2-4-17/h5-6,9,11-14,17-18H,1-4,7-8,10H2,(H,23,27). The van der Waals surface area contributed by atoms with E-state index < -0.39 is 0 Å². The molecule has 3 aromatic rings. The van der Waals surface area contributed by atoms with Gasteiger partial charge in [0, 0.05) is 36.6 Å². The lowest BCUT2D eigenvalue weighted by Gasteiger charge is -2.36. The van der Waals surface area contributed by atoms with E-state index in [0.717, 1.165) is 23.9 Å². The number of imidazole rings is 1. The van der Waals surface area contributed by atoms with Crippen LogP contribution in [0.5, 0.6) is 0 Å². The predicted molar refractivity (Wildman–Crippen MR) is 101 cm³/mol. The molecule has 7 heteroatoms. The van der Waals surface area contributed by atoms with Gasteiger partial charge >= 0.3 is 0 Å². The van der Waals surface area contributed by atoms with Crippen LogP contribution in [0, 0.1) is 5.92 Å². The average molecular weight is 364 g/mol. The van der Waals surface area contributed by atoms with Crippen LogP contribution in [0.1, 0.15) is 61.0 Å². The lowest BCUT2D eigenvalue weighted by Crippen LogP contribution is -2.36. The summed E-state index contributed by atoms with van der Waals surface area (Å²) in [7, 11) is 0. The number of aromatic nitrogens is 5. The van der Waals surface area contributed by atoms with Crippen molar-refractivity contribution in [2.24, 2.45) is 5.92 Å². The Bertz CT molecular complexity index is 935. The second-order valence-electron chi connectivity index (χ2n) is 7.88. The smallest absolute Gasteiger partial charge is 0.252 e. The molecular formula is C20H24N6O. The van der Waals surface area contributed by atoms with Gasteiger partial charge in [-0.2, -0.15) is 5.10 Å². The Hall–Kier alpha value is -2.70. The summed E-state index contributed by atoms with van der Waals surface area (Å²) in [4.78, 5) is 21.2. The largest absolute Gasteiger partial charge is 0.352 e. The summed E-state index contributed by atoms with van der Waals surface area (Å²) in [5.41, 5.74) is 1.50. The third-order valence-electron chi connectivity index (χ3n) is 6.07. The maximum atomic E-state index is 12.5. The SMILES string of the molecule is O=C(NCC1CC(n2ccnc2)C1)c1cnc2c(cnn2C2CCCC2)c1. The van der Waals surface area contributed by atoms with Gasteiger partial charge in [-0.3, -0.25) is 4.79 Å². The fourth-order valence-corrected chi connectivity index (χ4v) is 4.42. The molecule has 0 aliphatic heterocycles. The van der Waals surface area contributed by atoms with Crippen LogP contribution in [0.15, 0.2) is 37.2 Å². The Balaban J connectivity index is 1.20. The summed E-state index contributed by atoms with van der Waals surface area (Å²) in [6.07, 6.45) is 16.2. The van der Waals surface area contributed by atoms with E-state index in [1.165, 1.54) is 25.7 Å². The van der Waals surface area contributed by atoms with Crippen LogP contribution in [0.2, 0.25) is 0 Å². The summed E-state index contributed by atoms with van der Waals surface area (Å²) in [6, 6.07) is 2.89. The van der Waals surface area contributed by atoms with Crippen molar-refractivity contribution >= 4 is 16.9 Å². The van der Waals surface area contributed by atoms with Gasteiger partial charge in [-0.1, -0.05) is 12.8 Å². The molecule has 2 aliphatic rings. The Labute approximate surface area is 157 Å². The molecule has 0 radical (unpaired) electrons. The molecule has 2 fully saturated rings. The zero-order chi connectivity index (χ0) is 18.2. The third-order valence-corrected chi connectivity index (χ3v) is 6.07. The van der Waals surface area contributed by atoms with E-state index in [1.807, 2.05) is 35.7 Å². The number of hydrogen-bond donors (Lipinski definition) is 1. The minimum Gasteiger partial charge on any atom is -0.352 e. The highest BCUT2D eigenvalue weighted by molar-refractivity contribution is 5.96. The summed E-state index contributed by atoms with van der Waals surface area (Å²) in [5.74, 6) is 0.479.